The van der Waals surface area contributed by atoms with E-state index in [1.165, 1.54) is 0 Å². The Morgan fingerprint density at radius 3 is 2.57 bits per heavy atom. The molecule has 0 atom stereocenters. The van der Waals surface area contributed by atoms with E-state index in [1.54, 1.807) is 18.1 Å². The molecule has 0 bridgehead atoms. The second-order valence-corrected chi connectivity index (χ2v) is 9.94. The minimum absolute atomic E-state index is 0.0303. The summed E-state index contributed by atoms with van der Waals surface area (Å²) in [6.45, 7) is 2.56. The summed E-state index contributed by atoms with van der Waals surface area (Å²) in [7, 11) is 0. The van der Waals surface area contributed by atoms with Crippen molar-refractivity contribution in [3.05, 3.63) is 73.2 Å². The van der Waals surface area contributed by atoms with Crippen LogP contribution in [0.2, 0.25) is 0 Å². The van der Waals surface area contributed by atoms with Gasteiger partial charge in [-0.1, -0.05) is 60.3 Å². The number of carbonyl (C=O) groups is 1. The largest absolute Gasteiger partial charge is 0.356 e. The number of hydrogen-bond acceptors (Lipinski definition) is 6. The molecule has 8 heteroatoms. The standard InChI is InChI=1S/C27H26N6OS/c34-26(30-22-9-5-4-8-21(22)24-17-33-14-15-35-27(33)31-24)20-10-12-32(13-11-20)25-16-23(28-18-29-25)19-6-2-1-3-7-19/h1-9,16-18,20H,10-15H2,(H,30,34). The number of aromatic nitrogens is 4. The van der Waals surface area contributed by atoms with Crippen molar-refractivity contribution in [2.45, 2.75) is 24.5 Å². The van der Waals surface area contributed by atoms with Crippen LogP contribution in [0.4, 0.5) is 11.5 Å². The predicted molar refractivity (Wildman–Crippen MR) is 139 cm³/mol. The molecule has 0 radical (unpaired) electrons. The van der Waals surface area contributed by atoms with E-state index in [0.29, 0.717) is 0 Å². The zero-order chi connectivity index (χ0) is 23.6. The SMILES string of the molecule is O=C(Nc1ccccc1-c1cn2c(n1)SCC2)C1CCN(c2cc(-c3ccccc3)ncn2)CC1. The average Bonchev–Trinajstić information content (AvgIpc) is 3.53. The number of aryl methyl sites for hydroxylation is 1. The number of benzene rings is 2. The Morgan fingerprint density at radius 2 is 1.74 bits per heavy atom. The van der Waals surface area contributed by atoms with E-state index in [2.05, 4.69) is 43.1 Å². The van der Waals surface area contributed by atoms with E-state index in [4.69, 9.17) is 4.98 Å². The third-order valence-corrected chi connectivity index (χ3v) is 7.65. The van der Waals surface area contributed by atoms with Gasteiger partial charge >= 0.3 is 0 Å². The molecule has 2 aromatic heterocycles. The fourth-order valence-corrected chi connectivity index (χ4v) is 5.69. The first kappa shape index (κ1) is 21.9. The normalized spacial score (nSPS) is 15.7. The third-order valence-electron chi connectivity index (χ3n) is 6.68. The highest BCUT2D eigenvalue weighted by molar-refractivity contribution is 7.99. The number of rotatable bonds is 5. The molecule has 0 aliphatic carbocycles. The Labute approximate surface area is 208 Å². The molecule has 6 rings (SSSR count). The highest BCUT2D eigenvalue weighted by atomic mass is 32.2. The maximum absolute atomic E-state index is 13.2. The quantitative estimate of drug-likeness (QED) is 0.433. The van der Waals surface area contributed by atoms with Gasteiger partial charge in [0.2, 0.25) is 5.91 Å². The molecule has 1 amide bonds. The Bertz CT molecular complexity index is 1330. The first-order chi connectivity index (χ1) is 17.2. The number of nitrogens with zero attached hydrogens (tertiary/aromatic N) is 5. The van der Waals surface area contributed by atoms with Gasteiger partial charge in [-0.2, -0.15) is 0 Å². The molecule has 2 aromatic carbocycles. The van der Waals surface area contributed by atoms with Gasteiger partial charge in [0, 0.05) is 54.7 Å². The molecule has 0 unspecified atom stereocenters. The van der Waals surface area contributed by atoms with Crippen LogP contribution in [0.1, 0.15) is 12.8 Å². The number of fused-ring (bicyclic) bond motifs is 1. The second-order valence-electron chi connectivity index (χ2n) is 8.87. The number of hydrogen-bond donors (Lipinski definition) is 1. The summed E-state index contributed by atoms with van der Waals surface area (Å²) < 4.78 is 2.19. The van der Waals surface area contributed by atoms with E-state index in [0.717, 1.165) is 77.4 Å². The summed E-state index contributed by atoms with van der Waals surface area (Å²) in [4.78, 5) is 29.1. The topological polar surface area (TPSA) is 75.9 Å². The van der Waals surface area contributed by atoms with Crippen molar-refractivity contribution >= 4 is 29.2 Å². The monoisotopic (exact) mass is 482 g/mol. The van der Waals surface area contributed by atoms with Gasteiger partial charge in [0.1, 0.15) is 12.1 Å². The maximum Gasteiger partial charge on any atom is 0.227 e. The summed E-state index contributed by atoms with van der Waals surface area (Å²) in [5, 5.41) is 4.24. The molecular formula is C27H26N6OS. The molecule has 0 saturated carbocycles. The molecule has 2 aliphatic rings. The van der Waals surface area contributed by atoms with Crippen LogP contribution in [0.25, 0.3) is 22.5 Å². The number of amides is 1. The van der Waals surface area contributed by atoms with Crippen LogP contribution in [-0.2, 0) is 11.3 Å². The molecule has 4 aromatic rings. The highest BCUT2D eigenvalue weighted by Crippen LogP contribution is 2.33. The van der Waals surface area contributed by atoms with Crippen molar-refractivity contribution in [3.63, 3.8) is 0 Å². The van der Waals surface area contributed by atoms with Crippen LogP contribution < -0.4 is 10.2 Å². The van der Waals surface area contributed by atoms with Crippen molar-refractivity contribution in [3.8, 4) is 22.5 Å². The van der Waals surface area contributed by atoms with E-state index in [-0.39, 0.29) is 11.8 Å². The van der Waals surface area contributed by atoms with E-state index in [1.807, 2.05) is 48.5 Å². The summed E-state index contributed by atoms with van der Waals surface area (Å²) in [5.74, 6) is 2.03. The molecule has 2 aliphatic heterocycles. The lowest BCUT2D eigenvalue weighted by Gasteiger charge is -2.32. The molecular weight excluding hydrogens is 456 g/mol. The molecule has 176 valence electrons. The zero-order valence-corrected chi connectivity index (χ0v) is 20.1. The van der Waals surface area contributed by atoms with E-state index in [9.17, 15) is 4.79 Å². The molecule has 0 spiro atoms. The summed E-state index contributed by atoms with van der Waals surface area (Å²) >= 11 is 1.77. The predicted octanol–water partition coefficient (Wildman–Crippen LogP) is 4.97. The first-order valence-corrected chi connectivity index (χ1v) is 13.0. The van der Waals surface area contributed by atoms with E-state index < -0.39 is 0 Å². The van der Waals surface area contributed by atoms with Crippen molar-refractivity contribution in [1.82, 2.24) is 19.5 Å². The number of piperidine rings is 1. The van der Waals surface area contributed by atoms with Crippen LogP contribution >= 0.6 is 11.8 Å². The van der Waals surface area contributed by atoms with Crippen molar-refractivity contribution in [2.24, 2.45) is 5.92 Å². The molecule has 4 heterocycles. The number of imidazole rings is 1. The lowest BCUT2D eigenvalue weighted by atomic mass is 9.95. The minimum atomic E-state index is -0.0303. The molecule has 1 N–H and O–H groups in total. The summed E-state index contributed by atoms with van der Waals surface area (Å²) in [6.07, 6.45) is 5.28. The van der Waals surface area contributed by atoms with Crippen molar-refractivity contribution in [2.75, 3.05) is 29.1 Å². The number of anilines is 2. The lowest BCUT2D eigenvalue weighted by molar-refractivity contribution is -0.120. The van der Waals surface area contributed by atoms with Crippen LogP contribution in [0.5, 0.6) is 0 Å². The van der Waals surface area contributed by atoms with Crippen LogP contribution in [0, 0.1) is 5.92 Å². The smallest absolute Gasteiger partial charge is 0.227 e. The van der Waals surface area contributed by atoms with Gasteiger partial charge in [-0.15, -0.1) is 0 Å². The zero-order valence-electron chi connectivity index (χ0n) is 19.3. The minimum Gasteiger partial charge on any atom is -0.356 e. The van der Waals surface area contributed by atoms with Gasteiger partial charge < -0.3 is 14.8 Å². The fraction of sp³-hybridized carbons (Fsp3) is 0.259. The Balaban J connectivity index is 1.12. The lowest BCUT2D eigenvalue weighted by Crippen LogP contribution is -2.38. The van der Waals surface area contributed by atoms with Crippen LogP contribution in [-0.4, -0.2) is 44.3 Å². The Morgan fingerprint density at radius 1 is 0.943 bits per heavy atom. The number of nitrogens with one attached hydrogen (secondary N) is 1. The highest BCUT2D eigenvalue weighted by Gasteiger charge is 2.27. The van der Waals surface area contributed by atoms with Gasteiger partial charge in [-0.05, 0) is 18.9 Å². The van der Waals surface area contributed by atoms with Crippen molar-refractivity contribution < 1.29 is 4.79 Å². The number of carbonyl (C=O) groups excluding carboxylic acids is 1. The number of thioether (sulfide) groups is 1. The Kier molecular flexibility index (Phi) is 5.96. The third kappa shape index (κ3) is 4.53. The average molecular weight is 483 g/mol. The van der Waals surface area contributed by atoms with Gasteiger partial charge in [0.25, 0.3) is 0 Å². The second kappa shape index (κ2) is 9.54. The summed E-state index contributed by atoms with van der Waals surface area (Å²) in [5.41, 5.74) is 4.69. The molecule has 7 nitrogen and oxygen atoms in total. The molecule has 35 heavy (non-hydrogen) atoms. The van der Waals surface area contributed by atoms with Gasteiger partial charge in [0.15, 0.2) is 5.16 Å². The summed E-state index contributed by atoms with van der Waals surface area (Å²) in [6, 6.07) is 20.1. The van der Waals surface area contributed by atoms with Crippen LogP contribution in [0.15, 0.2) is 78.3 Å². The van der Waals surface area contributed by atoms with Crippen LogP contribution in [0.3, 0.4) is 0 Å². The van der Waals surface area contributed by atoms with E-state index >= 15 is 0 Å². The first-order valence-electron chi connectivity index (χ1n) is 12.0. The van der Waals surface area contributed by atoms with Gasteiger partial charge in [-0.3, -0.25) is 4.79 Å². The van der Waals surface area contributed by atoms with Crippen molar-refractivity contribution in [1.29, 1.82) is 0 Å². The molecule has 1 saturated heterocycles. The van der Waals surface area contributed by atoms with Gasteiger partial charge in [-0.25, -0.2) is 15.0 Å². The number of para-hydroxylation sites is 1. The fourth-order valence-electron chi connectivity index (χ4n) is 4.75. The molecule has 1 fully saturated rings. The maximum atomic E-state index is 13.2. The van der Waals surface area contributed by atoms with Gasteiger partial charge in [0.05, 0.1) is 17.1 Å². The Hall–Kier alpha value is -3.65.